The van der Waals surface area contributed by atoms with Crippen LogP contribution >= 0.6 is 0 Å². The number of carbonyl (C=O) groups excluding carboxylic acids is 1. The monoisotopic (exact) mass is 347 g/mol. The number of nitrogens with zero attached hydrogens (tertiary/aromatic N) is 1. The van der Waals surface area contributed by atoms with Gasteiger partial charge in [-0.25, -0.2) is 0 Å². The fraction of sp³-hybridized carbons (Fsp3) is 0.444. The second kappa shape index (κ2) is 8.53. The number of benzene rings is 1. The molecule has 2 rings (SSSR count). The van der Waals surface area contributed by atoms with Crippen molar-refractivity contribution in [2.24, 2.45) is 0 Å². The van der Waals surface area contributed by atoms with Gasteiger partial charge in [0.15, 0.2) is 5.82 Å². The van der Waals surface area contributed by atoms with Crippen molar-refractivity contribution in [1.82, 2.24) is 10.5 Å². The molecule has 0 saturated carbocycles. The van der Waals surface area contributed by atoms with Crippen LogP contribution in [0.5, 0.6) is 11.5 Å². The number of ether oxygens (including phenoxy) is 2. The van der Waals surface area contributed by atoms with E-state index in [1.165, 1.54) is 0 Å². The first kappa shape index (κ1) is 18.8. The van der Waals surface area contributed by atoms with Crippen molar-refractivity contribution in [1.29, 1.82) is 0 Å². The van der Waals surface area contributed by atoms with Gasteiger partial charge < -0.3 is 19.3 Å². The largest absolute Gasteiger partial charge is 0.497 e. The van der Waals surface area contributed by atoms with Gasteiger partial charge in [-0.1, -0.05) is 12.1 Å². The van der Waals surface area contributed by atoms with Gasteiger partial charge in [0.2, 0.25) is 5.91 Å². The average Bonchev–Trinajstić information content (AvgIpc) is 3.03. The number of methoxy groups -OCH3 is 2. The number of amides is 1. The SMILES string of the molecule is CC[C@H](N[C@@H](C)c1cc(OC)ccc1OC)C(=O)Nc1cc(C)on1. The first-order valence-electron chi connectivity index (χ1n) is 8.20. The lowest BCUT2D eigenvalue weighted by molar-refractivity contribution is -0.118. The number of aromatic nitrogens is 1. The maximum atomic E-state index is 12.5. The molecule has 0 unspecified atom stereocenters. The number of aryl methyl sites for hydroxylation is 1. The van der Waals surface area contributed by atoms with Crippen LogP contribution in [-0.2, 0) is 4.79 Å². The van der Waals surface area contributed by atoms with Crippen LogP contribution < -0.4 is 20.1 Å². The molecule has 0 spiro atoms. The summed E-state index contributed by atoms with van der Waals surface area (Å²) in [6.07, 6.45) is 0.624. The molecular formula is C18H25N3O4. The van der Waals surface area contributed by atoms with E-state index in [-0.39, 0.29) is 18.0 Å². The molecule has 0 radical (unpaired) electrons. The fourth-order valence-electron chi connectivity index (χ4n) is 2.59. The molecule has 136 valence electrons. The van der Waals surface area contributed by atoms with E-state index in [1.807, 2.05) is 32.0 Å². The summed E-state index contributed by atoms with van der Waals surface area (Å²) in [7, 11) is 3.24. The molecule has 0 bridgehead atoms. The molecule has 1 heterocycles. The second-order valence-corrected chi connectivity index (χ2v) is 5.77. The van der Waals surface area contributed by atoms with Crippen LogP contribution in [0, 0.1) is 6.92 Å². The molecule has 25 heavy (non-hydrogen) atoms. The third-order valence-corrected chi connectivity index (χ3v) is 3.96. The molecule has 7 nitrogen and oxygen atoms in total. The van der Waals surface area contributed by atoms with E-state index >= 15 is 0 Å². The minimum absolute atomic E-state index is 0.111. The van der Waals surface area contributed by atoms with Gasteiger partial charge in [0.05, 0.1) is 20.3 Å². The van der Waals surface area contributed by atoms with Crippen molar-refractivity contribution in [2.45, 2.75) is 39.3 Å². The Hall–Kier alpha value is -2.54. The van der Waals surface area contributed by atoms with Crippen molar-refractivity contribution in [3.8, 4) is 11.5 Å². The Morgan fingerprint density at radius 1 is 1.28 bits per heavy atom. The summed E-state index contributed by atoms with van der Waals surface area (Å²) in [5, 5.41) is 9.88. The number of anilines is 1. The summed E-state index contributed by atoms with van der Waals surface area (Å²) in [6, 6.07) is 6.78. The zero-order chi connectivity index (χ0) is 18.4. The molecular weight excluding hydrogens is 322 g/mol. The minimum Gasteiger partial charge on any atom is -0.497 e. The minimum atomic E-state index is -0.386. The highest BCUT2D eigenvalue weighted by Crippen LogP contribution is 2.29. The van der Waals surface area contributed by atoms with Crippen molar-refractivity contribution >= 4 is 11.7 Å². The maximum Gasteiger partial charge on any atom is 0.242 e. The topological polar surface area (TPSA) is 85.6 Å². The highest BCUT2D eigenvalue weighted by molar-refractivity contribution is 5.94. The molecule has 7 heteroatoms. The van der Waals surface area contributed by atoms with Gasteiger partial charge in [-0.3, -0.25) is 10.1 Å². The molecule has 0 saturated heterocycles. The van der Waals surface area contributed by atoms with Crippen LogP contribution in [-0.4, -0.2) is 31.3 Å². The molecule has 1 aromatic heterocycles. The van der Waals surface area contributed by atoms with E-state index in [1.54, 1.807) is 27.2 Å². The van der Waals surface area contributed by atoms with Crippen LogP contribution in [0.2, 0.25) is 0 Å². The van der Waals surface area contributed by atoms with Crippen molar-refractivity contribution in [2.75, 3.05) is 19.5 Å². The predicted molar refractivity (Wildman–Crippen MR) is 95.0 cm³/mol. The van der Waals surface area contributed by atoms with E-state index in [2.05, 4.69) is 15.8 Å². The molecule has 2 atom stereocenters. The summed E-state index contributed by atoms with van der Waals surface area (Å²) in [4.78, 5) is 12.5. The zero-order valence-corrected chi connectivity index (χ0v) is 15.3. The van der Waals surface area contributed by atoms with E-state index < -0.39 is 0 Å². The first-order chi connectivity index (χ1) is 12.0. The Bertz CT molecular complexity index is 714. The first-order valence-corrected chi connectivity index (χ1v) is 8.20. The van der Waals surface area contributed by atoms with Crippen molar-refractivity contribution in [3.63, 3.8) is 0 Å². The van der Waals surface area contributed by atoms with E-state index in [4.69, 9.17) is 14.0 Å². The standard InChI is InChI=1S/C18H25N3O4/c1-6-15(18(22)20-17-9-11(2)25-21-17)19-12(3)14-10-13(23-4)7-8-16(14)24-5/h7-10,12,15,19H,6H2,1-5H3,(H,20,21,22)/t12-,15-/m0/s1. The molecule has 0 fully saturated rings. The number of hydrogen-bond donors (Lipinski definition) is 2. The number of carbonyl (C=O) groups is 1. The van der Waals surface area contributed by atoms with Gasteiger partial charge >= 0.3 is 0 Å². The van der Waals surface area contributed by atoms with Crippen LogP contribution in [0.3, 0.4) is 0 Å². The third kappa shape index (κ3) is 4.73. The quantitative estimate of drug-likeness (QED) is 0.763. The van der Waals surface area contributed by atoms with Gasteiger partial charge in [-0.2, -0.15) is 0 Å². The Morgan fingerprint density at radius 3 is 2.60 bits per heavy atom. The highest BCUT2D eigenvalue weighted by Gasteiger charge is 2.22. The summed E-state index contributed by atoms with van der Waals surface area (Å²) in [6.45, 7) is 5.70. The number of nitrogens with one attached hydrogen (secondary N) is 2. The Kier molecular flexibility index (Phi) is 6.41. The van der Waals surface area contributed by atoms with Crippen molar-refractivity contribution in [3.05, 3.63) is 35.6 Å². The zero-order valence-electron chi connectivity index (χ0n) is 15.3. The van der Waals surface area contributed by atoms with Crippen LogP contribution in [0.25, 0.3) is 0 Å². The van der Waals surface area contributed by atoms with Gasteiger partial charge in [0, 0.05) is 17.7 Å². The summed E-state index contributed by atoms with van der Waals surface area (Å²) in [5.74, 6) is 2.37. The molecule has 2 N–H and O–H groups in total. The summed E-state index contributed by atoms with van der Waals surface area (Å²) < 4.78 is 15.7. The van der Waals surface area contributed by atoms with E-state index in [9.17, 15) is 4.79 Å². The molecule has 2 aromatic rings. The molecule has 1 amide bonds. The molecule has 0 aliphatic heterocycles. The Labute approximate surface area is 147 Å². The van der Waals surface area contributed by atoms with Crippen molar-refractivity contribution < 1.29 is 18.8 Å². The Balaban J connectivity index is 2.11. The molecule has 0 aliphatic carbocycles. The average molecular weight is 347 g/mol. The van der Waals surface area contributed by atoms with Gasteiger partial charge in [-0.15, -0.1) is 0 Å². The van der Waals surface area contributed by atoms with E-state index in [0.717, 1.165) is 17.1 Å². The van der Waals surface area contributed by atoms with Crippen LogP contribution in [0.15, 0.2) is 28.8 Å². The third-order valence-electron chi connectivity index (χ3n) is 3.96. The molecule has 0 aliphatic rings. The maximum absolute atomic E-state index is 12.5. The lowest BCUT2D eigenvalue weighted by Gasteiger charge is -2.23. The Morgan fingerprint density at radius 2 is 2.04 bits per heavy atom. The summed E-state index contributed by atoms with van der Waals surface area (Å²) in [5.41, 5.74) is 0.922. The smallest absolute Gasteiger partial charge is 0.242 e. The van der Waals surface area contributed by atoms with Gasteiger partial charge in [0.25, 0.3) is 0 Å². The fourth-order valence-corrected chi connectivity index (χ4v) is 2.59. The summed E-state index contributed by atoms with van der Waals surface area (Å²) >= 11 is 0. The lowest BCUT2D eigenvalue weighted by atomic mass is 10.0. The van der Waals surface area contributed by atoms with Crippen LogP contribution in [0.4, 0.5) is 5.82 Å². The lowest BCUT2D eigenvalue weighted by Crippen LogP contribution is -2.41. The second-order valence-electron chi connectivity index (χ2n) is 5.77. The van der Waals surface area contributed by atoms with Crippen LogP contribution in [0.1, 0.15) is 37.6 Å². The normalized spacial score (nSPS) is 13.2. The van der Waals surface area contributed by atoms with Gasteiger partial charge in [-0.05, 0) is 38.5 Å². The molecule has 1 aromatic carbocycles. The number of hydrogen-bond acceptors (Lipinski definition) is 6. The van der Waals surface area contributed by atoms with E-state index in [0.29, 0.717) is 18.0 Å². The highest BCUT2D eigenvalue weighted by atomic mass is 16.5. The predicted octanol–water partition coefficient (Wildman–Crippen LogP) is 3.07. The van der Waals surface area contributed by atoms with Gasteiger partial charge in [0.1, 0.15) is 17.3 Å². The number of rotatable bonds is 8.